The van der Waals surface area contributed by atoms with Gasteiger partial charge in [0.2, 0.25) is 5.91 Å². The van der Waals surface area contributed by atoms with E-state index in [1.54, 1.807) is 0 Å². The van der Waals surface area contributed by atoms with E-state index in [1.165, 1.54) is 11.1 Å². The fourth-order valence-electron chi connectivity index (χ4n) is 1.51. The fraction of sp³-hybridized carbons (Fsp3) is 0.417. The van der Waals surface area contributed by atoms with Crippen LogP contribution in [0.5, 0.6) is 0 Å². The van der Waals surface area contributed by atoms with Crippen LogP contribution in [0.4, 0.5) is 0 Å². The van der Waals surface area contributed by atoms with Gasteiger partial charge in [-0.25, -0.2) is 0 Å². The Labute approximate surface area is 90.9 Å². The predicted molar refractivity (Wildman–Crippen MR) is 61.3 cm³/mol. The lowest BCUT2D eigenvalue weighted by molar-refractivity contribution is -0.118. The lowest BCUT2D eigenvalue weighted by atomic mass is 10.1. The smallest absolute Gasteiger partial charge is 0.231 e. The maximum absolute atomic E-state index is 10.7. The molecular formula is C12H18N2O. The van der Waals surface area contributed by atoms with Crippen LogP contribution in [0.15, 0.2) is 24.3 Å². The molecule has 0 radical (unpaired) electrons. The number of amides is 1. The van der Waals surface area contributed by atoms with Crippen LogP contribution in [0, 0.1) is 0 Å². The van der Waals surface area contributed by atoms with Gasteiger partial charge in [0.25, 0.3) is 0 Å². The van der Waals surface area contributed by atoms with Crippen molar-refractivity contribution in [3.05, 3.63) is 35.4 Å². The highest BCUT2D eigenvalue weighted by atomic mass is 16.1. The predicted octanol–water partition coefficient (Wildman–Crippen LogP) is 1.17. The van der Waals surface area contributed by atoms with Crippen LogP contribution in [0.2, 0.25) is 0 Å². The molecule has 15 heavy (non-hydrogen) atoms. The summed E-state index contributed by atoms with van der Waals surface area (Å²) in [7, 11) is 1.89. The van der Waals surface area contributed by atoms with Gasteiger partial charge in [0, 0.05) is 6.54 Å². The summed E-state index contributed by atoms with van der Waals surface area (Å²) in [6.45, 7) is 3.19. The molecule has 1 aromatic rings. The van der Waals surface area contributed by atoms with Crippen molar-refractivity contribution in [3.8, 4) is 0 Å². The van der Waals surface area contributed by atoms with Crippen molar-refractivity contribution in [2.75, 3.05) is 13.6 Å². The standard InChI is InChI=1S/C12H18N2O/c1-3-10-4-6-11(7-5-10)8-14(2)9-12(13)15/h4-7H,3,8-9H2,1-2H3,(H2,13,15). The van der Waals surface area contributed by atoms with Crippen molar-refractivity contribution < 1.29 is 4.79 Å². The van der Waals surface area contributed by atoms with Crippen molar-refractivity contribution in [2.45, 2.75) is 19.9 Å². The number of hydrogen-bond donors (Lipinski definition) is 1. The fourth-order valence-corrected chi connectivity index (χ4v) is 1.51. The minimum atomic E-state index is -0.289. The average Bonchev–Trinajstić information content (AvgIpc) is 2.17. The number of benzene rings is 1. The molecule has 0 saturated carbocycles. The third-order valence-corrected chi connectivity index (χ3v) is 2.31. The molecule has 1 aromatic carbocycles. The maximum atomic E-state index is 10.7. The summed E-state index contributed by atoms with van der Waals surface area (Å²) in [4.78, 5) is 12.6. The van der Waals surface area contributed by atoms with E-state index in [4.69, 9.17) is 5.73 Å². The Morgan fingerprint density at radius 1 is 1.27 bits per heavy atom. The molecule has 0 spiro atoms. The third-order valence-electron chi connectivity index (χ3n) is 2.31. The van der Waals surface area contributed by atoms with Crippen LogP contribution >= 0.6 is 0 Å². The van der Waals surface area contributed by atoms with Gasteiger partial charge >= 0.3 is 0 Å². The quantitative estimate of drug-likeness (QED) is 0.786. The monoisotopic (exact) mass is 206 g/mol. The molecule has 0 fully saturated rings. The van der Waals surface area contributed by atoms with Crippen molar-refractivity contribution in [1.82, 2.24) is 4.90 Å². The first-order chi connectivity index (χ1) is 7.11. The van der Waals surface area contributed by atoms with E-state index in [9.17, 15) is 4.79 Å². The SMILES string of the molecule is CCc1ccc(CN(C)CC(N)=O)cc1. The molecule has 0 bridgehead atoms. The second-order valence-electron chi connectivity index (χ2n) is 3.81. The van der Waals surface area contributed by atoms with E-state index in [2.05, 4.69) is 31.2 Å². The average molecular weight is 206 g/mol. The van der Waals surface area contributed by atoms with Crippen LogP contribution in [0.1, 0.15) is 18.1 Å². The molecule has 0 atom stereocenters. The minimum Gasteiger partial charge on any atom is -0.369 e. The summed E-state index contributed by atoms with van der Waals surface area (Å²) in [5, 5.41) is 0. The molecule has 0 aliphatic rings. The lowest BCUT2D eigenvalue weighted by Gasteiger charge is -2.14. The first kappa shape index (κ1) is 11.7. The van der Waals surface area contributed by atoms with Crippen LogP contribution in [0.25, 0.3) is 0 Å². The Morgan fingerprint density at radius 2 is 1.80 bits per heavy atom. The molecule has 82 valence electrons. The van der Waals surface area contributed by atoms with E-state index in [0.29, 0.717) is 6.54 Å². The topological polar surface area (TPSA) is 46.3 Å². The molecule has 0 aliphatic carbocycles. The molecule has 1 amide bonds. The summed E-state index contributed by atoms with van der Waals surface area (Å²) in [5.74, 6) is -0.289. The molecule has 0 heterocycles. The zero-order valence-electron chi connectivity index (χ0n) is 9.36. The molecule has 0 aromatic heterocycles. The van der Waals surface area contributed by atoms with Gasteiger partial charge < -0.3 is 5.73 Å². The summed E-state index contributed by atoms with van der Waals surface area (Å²) < 4.78 is 0. The molecular weight excluding hydrogens is 188 g/mol. The molecule has 0 unspecified atom stereocenters. The van der Waals surface area contributed by atoms with Crippen molar-refractivity contribution >= 4 is 5.91 Å². The van der Waals surface area contributed by atoms with Crippen molar-refractivity contribution in [3.63, 3.8) is 0 Å². The summed E-state index contributed by atoms with van der Waals surface area (Å²) in [6, 6.07) is 8.42. The van der Waals surface area contributed by atoms with Gasteiger partial charge in [0.05, 0.1) is 6.54 Å². The third kappa shape index (κ3) is 4.13. The van der Waals surface area contributed by atoms with Gasteiger partial charge in [-0.2, -0.15) is 0 Å². The van der Waals surface area contributed by atoms with E-state index in [1.807, 2.05) is 11.9 Å². The van der Waals surface area contributed by atoms with Crippen LogP contribution in [0.3, 0.4) is 0 Å². The number of nitrogens with zero attached hydrogens (tertiary/aromatic N) is 1. The summed E-state index contributed by atoms with van der Waals surface area (Å²) in [6.07, 6.45) is 1.05. The lowest BCUT2D eigenvalue weighted by Crippen LogP contribution is -2.30. The Morgan fingerprint density at radius 3 is 2.27 bits per heavy atom. The molecule has 1 rings (SSSR count). The molecule has 3 heteroatoms. The highest BCUT2D eigenvalue weighted by Crippen LogP contribution is 2.06. The highest BCUT2D eigenvalue weighted by Gasteiger charge is 2.03. The first-order valence-electron chi connectivity index (χ1n) is 5.16. The Kier molecular flexibility index (Phi) is 4.31. The maximum Gasteiger partial charge on any atom is 0.231 e. The van der Waals surface area contributed by atoms with E-state index in [0.717, 1.165) is 13.0 Å². The summed E-state index contributed by atoms with van der Waals surface area (Å²) in [5.41, 5.74) is 7.65. The highest BCUT2D eigenvalue weighted by molar-refractivity contribution is 5.75. The van der Waals surface area contributed by atoms with E-state index >= 15 is 0 Å². The number of aryl methyl sites for hydroxylation is 1. The van der Waals surface area contributed by atoms with Crippen LogP contribution in [-0.4, -0.2) is 24.4 Å². The van der Waals surface area contributed by atoms with Gasteiger partial charge in [0.1, 0.15) is 0 Å². The first-order valence-corrected chi connectivity index (χ1v) is 5.16. The van der Waals surface area contributed by atoms with Gasteiger partial charge in [-0.1, -0.05) is 31.2 Å². The van der Waals surface area contributed by atoms with Gasteiger partial charge in [-0.15, -0.1) is 0 Å². The zero-order valence-corrected chi connectivity index (χ0v) is 9.36. The number of primary amides is 1. The van der Waals surface area contributed by atoms with E-state index < -0.39 is 0 Å². The van der Waals surface area contributed by atoms with Gasteiger partial charge in [0.15, 0.2) is 0 Å². The van der Waals surface area contributed by atoms with E-state index in [-0.39, 0.29) is 5.91 Å². The number of rotatable bonds is 5. The Hall–Kier alpha value is -1.35. The Balaban J connectivity index is 2.53. The second-order valence-corrected chi connectivity index (χ2v) is 3.81. The van der Waals surface area contributed by atoms with Crippen molar-refractivity contribution in [1.29, 1.82) is 0 Å². The van der Waals surface area contributed by atoms with Crippen LogP contribution < -0.4 is 5.73 Å². The Bertz CT molecular complexity index is 319. The number of hydrogen-bond acceptors (Lipinski definition) is 2. The molecule has 3 nitrogen and oxygen atoms in total. The largest absolute Gasteiger partial charge is 0.369 e. The number of nitrogens with two attached hydrogens (primary N) is 1. The van der Waals surface area contributed by atoms with Gasteiger partial charge in [-0.05, 0) is 24.6 Å². The molecule has 0 saturated heterocycles. The van der Waals surface area contributed by atoms with Crippen LogP contribution in [-0.2, 0) is 17.8 Å². The van der Waals surface area contributed by atoms with Gasteiger partial charge in [-0.3, -0.25) is 9.69 Å². The van der Waals surface area contributed by atoms with Crippen molar-refractivity contribution in [2.24, 2.45) is 5.73 Å². The number of carbonyl (C=O) groups excluding carboxylic acids is 1. The molecule has 0 aliphatic heterocycles. The molecule has 2 N–H and O–H groups in total. The summed E-state index contributed by atoms with van der Waals surface area (Å²) >= 11 is 0. The zero-order chi connectivity index (χ0) is 11.3. The number of carbonyl (C=O) groups is 1. The normalized spacial score (nSPS) is 10.6. The second kappa shape index (κ2) is 5.51. The minimum absolute atomic E-state index is 0.289. The number of likely N-dealkylation sites (N-methyl/N-ethyl adjacent to an activating group) is 1.